The molecule has 4 N–H and O–H groups in total. The first-order chi connectivity index (χ1) is 14.6. The van der Waals surface area contributed by atoms with Gasteiger partial charge < -0.3 is 14.9 Å². The van der Waals surface area contributed by atoms with E-state index >= 15 is 0 Å². The Hall–Kier alpha value is -2.12. The van der Waals surface area contributed by atoms with Crippen LogP contribution in [-0.4, -0.2) is 59.0 Å². The van der Waals surface area contributed by atoms with Gasteiger partial charge in [0.25, 0.3) is 5.56 Å². The van der Waals surface area contributed by atoms with Crippen molar-refractivity contribution in [2.75, 3.05) is 6.61 Å². The Morgan fingerprint density at radius 3 is 2.61 bits per heavy atom. The van der Waals surface area contributed by atoms with Crippen molar-refractivity contribution in [3.63, 3.8) is 0 Å². The van der Waals surface area contributed by atoms with Gasteiger partial charge in [-0.15, -0.1) is 4.89 Å². The van der Waals surface area contributed by atoms with Crippen LogP contribution in [0.4, 0.5) is 0 Å². The fourth-order valence-corrected chi connectivity index (χ4v) is 4.13. The molecule has 0 amide bonds. The normalized spacial score (nSPS) is 25.9. The van der Waals surface area contributed by atoms with Gasteiger partial charge in [0.15, 0.2) is 6.23 Å². The Balaban J connectivity index is 1.80. The first-order valence-electron chi connectivity index (χ1n) is 8.66. The highest BCUT2D eigenvalue weighted by atomic mass is 31.2. The summed E-state index contributed by atoms with van der Waals surface area (Å²) in [4.78, 5) is 46.8. The first-order valence-corrected chi connectivity index (χ1v) is 11.3. The highest BCUT2D eigenvalue weighted by Crippen LogP contribution is 2.51. The zero-order valence-electron chi connectivity index (χ0n) is 15.6. The van der Waals surface area contributed by atoms with Crippen LogP contribution >= 0.6 is 16.1 Å². The lowest BCUT2D eigenvalue weighted by Gasteiger charge is -2.18. The largest absolute Gasteiger partial charge is 0.705 e. The summed E-state index contributed by atoms with van der Waals surface area (Å²) in [5, 5.41) is 20.4. The molecule has 14 nitrogen and oxygen atoms in total. The smallest absolute Gasteiger partial charge is 0.387 e. The summed E-state index contributed by atoms with van der Waals surface area (Å²) < 4.78 is 37.4. The molecule has 1 fully saturated rings. The molecule has 6 atom stereocenters. The fourth-order valence-electron chi connectivity index (χ4n) is 2.90. The summed E-state index contributed by atoms with van der Waals surface area (Å²) >= 11 is 0. The van der Waals surface area contributed by atoms with Crippen LogP contribution in [0.3, 0.4) is 0 Å². The van der Waals surface area contributed by atoms with Crippen molar-refractivity contribution in [3.05, 3.63) is 63.2 Å². The Morgan fingerprint density at radius 2 is 1.97 bits per heavy atom. The van der Waals surface area contributed by atoms with E-state index in [9.17, 15) is 33.8 Å². The number of pyridine rings is 1. The fraction of sp³-hybridized carbons (Fsp3) is 0.400. The van der Waals surface area contributed by atoms with Crippen molar-refractivity contribution in [2.24, 2.45) is 0 Å². The molecule has 168 valence electrons. The molecule has 2 aromatic heterocycles. The minimum Gasteiger partial charge on any atom is -0.387 e. The van der Waals surface area contributed by atoms with Crippen molar-refractivity contribution in [3.8, 4) is 0 Å². The van der Waals surface area contributed by atoms with E-state index in [2.05, 4.69) is 13.8 Å². The number of nitrogens with zero attached hydrogens (tertiary/aromatic N) is 3. The SMILES string of the molecule is O=c1ccn(C2OC(COP(=O)(O)O[P+](=O)O)C(O)[C@@H]2O)c(=O)n1Cc1ccccn1. The van der Waals surface area contributed by atoms with Crippen LogP contribution in [0, 0.1) is 0 Å². The molecular formula is C15H18N3O11P2+. The molecular weight excluding hydrogens is 460 g/mol. The van der Waals surface area contributed by atoms with Gasteiger partial charge in [-0.3, -0.25) is 28.3 Å². The standard InChI is InChI=1S/C15H17N3O11P2/c19-11-4-6-17(15(22)18(11)7-9-3-1-2-5-16-9)14-13(21)12(20)10(28-14)8-27-31(25,26)29-30(23)24/h1-6,10,12-14,20-21H,7-8H2,(H-,23,24,25,26)/p+1/t10?,12?,13-,14?/m0/s1. The molecule has 3 rings (SSSR count). The number of rotatable bonds is 8. The van der Waals surface area contributed by atoms with E-state index in [0.29, 0.717) is 5.69 Å². The zero-order chi connectivity index (χ0) is 22.8. The average Bonchev–Trinajstić information content (AvgIpc) is 2.98. The van der Waals surface area contributed by atoms with Crippen molar-refractivity contribution in [1.29, 1.82) is 0 Å². The van der Waals surface area contributed by atoms with Crippen molar-refractivity contribution in [1.82, 2.24) is 14.1 Å². The maximum atomic E-state index is 12.8. The van der Waals surface area contributed by atoms with Gasteiger partial charge in [0.2, 0.25) is 0 Å². The molecule has 1 aliphatic rings. The van der Waals surface area contributed by atoms with Gasteiger partial charge in [0.05, 0.1) is 18.8 Å². The second-order valence-electron chi connectivity index (χ2n) is 6.38. The number of ether oxygens (including phenoxy) is 1. The summed E-state index contributed by atoms with van der Waals surface area (Å²) in [6, 6.07) is 6.01. The van der Waals surface area contributed by atoms with Crippen LogP contribution in [-0.2, 0) is 29.2 Å². The van der Waals surface area contributed by atoms with Crippen molar-refractivity contribution < 1.29 is 42.7 Å². The quantitative estimate of drug-likeness (QED) is 0.333. The molecule has 1 aliphatic heterocycles. The molecule has 0 aliphatic carbocycles. The summed E-state index contributed by atoms with van der Waals surface area (Å²) in [7, 11) is -8.36. The van der Waals surface area contributed by atoms with Crippen LogP contribution in [0.25, 0.3) is 0 Å². The van der Waals surface area contributed by atoms with Crippen molar-refractivity contribution >= 4 is 16.1 Å². The number of aliphatic hydroxyl groups excluding tert-OH is 2. The van der Waals surface area contributed by atoms with Crippen LogP contribution in [0.2, 0.25) is 0 Å². The first kappa shape index (κ1) is 23.5. The molecule has 16 heteroatoms. The minimum atomic E-state index is -4.93. The lowest BCUT2D eigenvalue weighted by molar-refractivity contribution is -0.0545. The number of phosphoric acid groups is 1. The summed E-state index contributed by atoms with van der Waals surface area (Å²) in [6.45, 7) is -0.963. The third-order valence-corrected chi connectivity index (χ3v) is 6.19. The molecule has 0 aromatic carbocycles. The second-order valence-corrected chi connectivity index (χ2v) is 8.71. The second kappa shape index (κ2) is 9.57. The molecule has 0 radical (unpaired) electrons. The van der Waals surface area contributed by atoms with Crippen LogP contribution < -0.4 is 11.2 Å². The van der Waals surface area contributed by atoms with Crippen LogP contribution in [0.15, 0.2) is 46.2 Å². The molecule has 2 aromatic rings. The third-order valence-electron chi connectivity index (χ3n) is 4.33. The van der Waals surface area contributed by atoms with Gasteiger partial charge in [-0.2, -0.15) is 0 Å². The van der Waals surface area contributed by atoms with Crippen LogP contribution in [0.5, 0.6) is 0 Å². The number of aromatic nitrogens is 3. The Morgan fingerprint density at radius 1 is 1.23 bits per heavy atom. The zero-order valence-corrected chi connectivity index (χ0v) is 17.4. The van der Waals surface area contributed by atoms with Gasteiger partial charge in [-0.1, -0.05) is 6.07 Å². The molecule has 1 saturated heterocycles. The van der Waals surface area contributed by atoms with E-state index in [1.54, 1.807) is 18.2 Å². The lowest BCUT2D eigenvalue weighted by atomic mass is 10.1. The molecule has 0 saturated carbocycles. The van der Waals surface area contributed by atoms with E-state index in [0.717, 1.165) is 21.4 Å². The Labute approximate surface area is 174 Å². The number of hydrogen-bond donors (Lipinski definition) is 4. The molecule has 0 bridgehead atoms. The van der Waals surface area contributed by atoms with Crippen LogP contribution in [0.1, 0.15) is 11.9 Å². The van der Waals surface area contributed by atoms with E-state index < -0.39 is 58.5 Å². The van der Waals surface area contributed by atoms with E-state index in [1.807, 2.05) is 0 Å². The summed E-state index contributed by atoms with van der Waals surface area (Å²) in [5.74, 6) is 0. The van der Waals surface area contributed by atoms with E-state index in [4.69, 9.17) is 9.63 Å². The predicted molar refractivity (Wildman–Crippen MR) is 101 cm³/mol. The highest BCUT2D eigenvalue weighted by molar-refractivity contribution is 7.55. The van der Waals surface area contributed by atoms with Gasteiger partial charge in [-0.05, 0) is 16.4 Å². The van der Waals surface area contributed by atoms with Gasteiger partial charge in [0, 0.05) is 23.0 Å². The highest BCUT2D eigenvalue weighted by Gasteiger charge is 2.46. The summed E-state index contributed by atoms with van der Waals surface area (Å²) in [5.41, 5.74) is -1.06. The third kappa shape index (κ3) is 5.57. The van der Waals surface area contributed by atoms with Crippen molar-refractivity contribution in [2.45, 2.75) is 31.1 Å². The lowest BCUT2D eigenvalue weighted by Crippen LogP contribution is -2.43. The molecule has 3 heterocycles. The number of aliphatic hydroxyl groups is 2. The topological polar surface area (TPSA) is 200 Å². The maximum absolute atomic E-state index is 12.8. The van der Waals surface area contributed by atoms with Gasteiger partial charge >= 0.3 is 21.8 Å². The molecule has 31 heavy (non-hydrogen) atoms. The maximum Gasteiger partial charge on any atom is 0.705 e. The monoisotopic (exact) mass is 478 g/mol. The predicted octanol–water partition coefficient (Wildman–Crippen LogP) is -1.14. The molecule has 5 unspecified atom stereocenters. The summed E-state index contributed by atoms with van der Waals surface area (Å²) in [6.07, 6.45) is -3.62. The van der Waals surface area contributed by atoms with Gasteiger partial charge in [0.1, 0.15) is 18.3 Å². The Kier molecular flexibility index (Phi) is 7.27. The number of phosphoric ester groups is 1. The van der Waals surface area contributed by atoms with E-state index in [1.165, 1.54) is 6.20 Å². The average molecular weight is 478 g/mol. The molecule has 0 spiro atoms. The van der Waals surface area contributed by atoms with Gasteiger partial charge in [-0.25, -0.2) is 9.36 Å². The Bertz CT molecular complexity index is 1110. The van der Waals surface area contributed by atoms with E-state index in [-0.39, 0.29) is 6.54 Å². The minimum absolute atomic E-state index is 0.151. The number of hydrogen-bond acceptors (Lipinski definition) is 10.